The molecule has 124 valence electrons. The summed E-state index contributed by atoms with van der Waals surface area (Å²) in [5, 5.41) is 22.1. The zero-order chi connectivity index (χ0) is 16.1. The molecule has 2 bridgehead atoms. The van der Waals surface area contributed by atoms with Crippen LogP contribution in [0.1, 0.15) is 27.7 Å². The van der Waals surface area contributed by atoms with Crippen LogP contribution in [0.3, 0.4) is 0 Å². The van der Waals surface area contributed by atoms with Gasteiger partial charge >= 0.3 is 5.54 Å². The second kappa shape index (κ2) is 3.80. The molecule has 22 heavy (non-hydrogen) atoms. The number of hydrogen-bond donors (Lipinski definition) is 1. The highest BCUT2D eigenvalue weighted by Gasteiger charge is 2.86. The molecule has 0 aromatic heterocycles. The third kappa shape index (κ3) is 1.40. The van der Waals surface area contributed by atoms with Gasteiger partial charge < -0.3 is 28.8 Å². The summed E-state index contributed by atoms with van der Waals surface area (Å²) in [6.45, 7) is 6.39. The van der Waals surface area contributed by atoms with Gasteiger partial charge in [-0.3, -0.25) is 10.1 Å². The van der Waals surface area contributed by atoms with Crippen molar-refractivity contribution in [3.8, 4) is 0 Å². The van der Waals surface area contributed by atoms with Crippen LogP contribution < -0.4 is 0 Å². The standard InChI is InChI=1S/C13H19NO8/c1-10(2)19-6-5-18-13-8(7(6)20-10)21-12(4,22-13)11(3,9(13)15)14(16)17/h6-9,15H,5H2,1-4H3. The topological polar surface area (TPSA) is 110 Å². The fourth-order valence-electron chi connectivity index (χ4n) is 4.00. The zero-order valence-electron chi connectivity index (χ0n) is 12.8. The number of hydrogen-bond acceptors (Lipinski definition) is 8. The van der Waals surface area contributed by atoms with E-state index in [1.165, 1.54) is 13.8 Å². The Bertz CT molecular complexity index is 554. The first kappa shape index (κ1) is 14.7. The molecule has 1 spiro atoms. The number of aliphatic hydroxyl groups is 1. The maximum Gasteiger partial charge on any atom is 0.302 e. The van der Waals surface area contributed by atoms with Gasteiger partial charge in [-0.25, -0.2) is 0 Å². The minimum absolute atomic E-state index is 0.106. The molecule has 0 amide bonds. The normalized spacial score (nSPS) is 58.4. The van der Waals surface area contributed by atoms with Crippen molar-refractivity contribution in [2.24, 2.45) is 0 Å². The molecule has 4 aliphatic rings. The number of ether oxygens (including phenoxy) is 5. The Hall–Kier alpha value is -0.840. The molecule has 4 aliphatic heterocycles. The highest BCUT2D eigenvalue weighted by Crippen LogP contribution is 2.60. The van der Waals surface area contributed by atoms with Crippen LogP contribution in [-0.4, -0.2) is 64.0 Å². The van der Waals surface area contributed by atoms with E-state index in [1.54, 1.807) is 13.8 Å². The summed E-state index contributed by atoms with van der Waals surface area (Å²) in [6.07, 6.45) is -3.16. The molecule has 4 saturated heterocycles. The van der Waals surface area contributed by atoms with Crippen LogP contribution in [0, 0.1) is 10.1 Å². The first-order chi connectivity index (χ1) is 10.1. The maximum absolute atomic E-state index is 11.5. The highest BCUT2D eigenvalue weighted by atomic mass is 16.9. The summed E-state index contributed by atoms with van der Waals surface area (Å²) in [4.78, 5) is 10.9. The summed E-state index contributed by atoms with van der Waals surface area (Å²) in [5.41, 5.74) is -1.83. The van der Waals surface area contributed by atoms with Crippen molar-refractivity contribution in [1.82, 2.24) is 0 Å². The fourth-order valence-corrected chi connectivity index (χ4v) is 4.00. The molecular formula is C13H19NO8. The predicted octanol–water partition coefficient (Wildman–Crippen LogP) is -0.225. The van der Waals surface area contributed by atoms with Crippen LogP contribution in [0.4, 0.5) is 0 Å². The number of rotatable bonds is 1. The Morgan fingerprint density at radius 1 is 1.18 bits per heavy atom. The Balaban J connectivity index is 1.75. The molecule has 0 radical (unpaired) electrons. The first-order valence-electron chi connectivity index (χ1n) is 7.26. The van der Waals surface area contributed by atoms with Crippen molar-refractivity contribution < 1.29 is 33.7 Å². The third-order valence-corrected chi connectivity index (χ3v) is 5.31. The average Bonchev–Trinajstić information content (AvgIpc) is 2.94. The number of nitrogens with zero attached hydrogens (tertiary/aromatic N) is 1. The lowest BCUT2D eigenvalue weighted by atomic mass is 9.79. The van der Waals surface area contributed by atoms with Crippen molar-refractivity contribution in [1.29, 1.82) is 0 Å². The SMILES string of the molecule is CC1(C)OC2COC34OC(C)(OC3C2O1)C(C)([N+](=O)[O-])C4O. The van der Waals surface area contributed by atoms with Gasteiger partial charge in [-0.15, -0.1) is 0 Å². The van der Waals surface area contributed by atoms with Crippen molar-refractivity contribution in [2.45, 2.75) is 75.0 Å². The van der Waals surface area contributed by atoms with Crippen LogP contribution in [0.5, 0.6) is 0 Å². The zero-order valence-corrected chi connectivity index (χ0v) is 12.8. The summed E-state index contributed by atoms with van der Waals surface area (Å²) in [7, 11) is 0. The molecule has 0 aromatic rings. The molecule has 7 unspecified atom stereocenters. The van der Waals surface area contributed by atoms with Gasteiger partial charge in [0.25, 0.3) is 0 Å². The van der Waals surface area contributed by atoms with Crippen molar-refractivity contribution in [2.75, 3.05) is 6.61 Å². The Morgan fingerprint density at radius 2 is 1.86 bits per heavy atom. The van der Waals surface area contributed by atoms with E-state index in [1.807, 2.05) is 0 Å². The Kier molecular flexibility index (Phi) is 2.54. The van der Waals surface area contributed by atoms with E-state index in [9.17, 15) is 15.2 Å². The first-order valence-corrected chi connectivity index (χ1v) is 7.26. The lowest BCUT2D eigenvalue weighted by Crippen LogP contribution is -2.72. The summed E-state index contributed by atoms with van der Waals surface area (Å²) >= 11 is 0. The second-order valence-corrected chi connectivity index (χ2v) is 7.06. The molecule has 7 atom stereocenters. The van der Waals surface area contributed by atoms with Gasteiger partial charge in [0, 0.05) is 11.8 Å². The van der Waals surface area contributed by atoms with E-state index in [0.717, 1.165) is 0 Å². The maximum atomic E-state index is 11.5. The van der Waals surface area contributed by atoms with Crippen LogP contribution in [0.2, 0.25) is 0 Å². The quantitative estimate of drug-likeness (QED) is 0.522. The third-order valence-electron chi connectivity index (χ3n) is 5.31. The van der Waals surface area contributed by atoms with Crippen molar-refractivity contribution in [3.63, 3.8) is 0 Å². The average molecular weight is 317 g/mol. The van der Waals surface area contributed by atoms with Crippen molar-refractivity contribution in [3.05, 3.63) is 10.1 Å². The highest BCUT2D eigenvalue weighted by molar-refractivity contribution is 5.20. The molecule has 0 aliphatic carbocycles. The summed E-state index contributed by atoms with van der Waals surface area (Å²) < 4.78 is 28.9. The summed E-state index contributed by atoms with van der Waals surface area (Å²) in [5.74, 6) is -4.03. The van der Waals surface area contributed by atoms with Gasteiger partial charge in [0.15, 0.2) is 11.9 Å². The minimum atomic E-state index is -1.83. The van der Waals surface area contributed by atoms with Crippen LogP contribution in [-0.2, 0) is 23.7 Å². The van der Waals surface area contributed by atoms with E-state index in [-0.39, 0.29) is 12.7 Å². The lowest BCUT2D eigenvalue weighted by molar-refractivity contribution is -0.611. The van der Waals surface area contributed by atoms with Gasteiger partial charge in [-0.2, -0.15) is 0 Å². The monoisotopic (exact) mass is 317 g/mol. The minimum Gasteiger partial charge on any atom is -0.380 e. The molecule has 0 saturated carbocycles. The molecule has 9 nitrogen and oxygen atoms in total. The van der Waals surface area contributed by atoms with E-state index >= 15 is 0 Å². The van der Waals surface area contributed by atoms with Gasteiger partial charge in [-0.1, -0.05) is 0 Å². The summed E-state index contributed by atoms with van der Waals surface area (Å²) in [6, 6.07) is 0. The molecule has 4 fully saturated rings. The molecular weight excluding hydrogens is 298 g/mol. The van der Waals surface area contributed by atoms with Crippen LogP contribution in [0.15, 0.2) is 0 Å². The van der Waals surface area contributed by atoms with Crippen molar-refractivity contribution >= 4 is 0 Å². The number of fused-ring (bicyclic) bond motifs is 3. The van der Waals surface area contributed by atoms with Crippen LogP contribution >= 0.6 is 0 Å². The Labute approximate surface area is 126 Å². The Morgan fingerprint density at radius 3 is 2.50 bits per heavy atom. The molecule has 4 heterocycles. The van der Waals surface area contributed by atoms with E-state index < -0.39 is 46.1 Å². The smallest absolute Gasteiger partial charge is 0.302 e. The van der Waals surface area contributed by atoms with Gasteiger partial charge in [0.1, 0.15) is 18.3 Å². The van der Waals surface area contributed by atoms with E-state index in [2.05, 4.69) is 0 Å². The lowest BCUT2D eigenvalue weighted by Gasteiger charge is -2.45. The molecule has 9 heteroatoms. The molecule has 0 aromatic carbocycles. The van der Waals surface area contributed by atoms with Crippen LogP contribution in [0.25, 0.3) is 0 Å². The van der Waals surface area contributed by atoms with Gasteiger partial charge in [0.05, 0.1) is 6.61 Å². The van der Waals surface area contributed by atoms with E-state index in [0.29, 0.717) is 0 Å². The largest absolute Gasteiger partial charge is 0.380 e. The number of aliphatic hydroxyl groups excluding tert-OH is 1. The van der Waals surface area contributed by atoms with Gasteiger partial charge in [-0.05, 0) is 20.8 Å². The van der Waals surface area contributed by atoms with Gasteiger partial charge in [0.2, 0.25) is 11.6 Å². The second-order valence-electron chi connectivity index (χ2n) is 7.06. The van der Waals surface area contributed by atoms with E-state index in [4.69, 9.17) is 23.7 Å². The number of nitro groups is 1. The fraction of sp³-hybridized carbons (Fsp3) is 1.00. The predicted molar refractivity (Wildman–Crippen MR) is 68.3 cm³/mol. The molecule has 4 rings (SSSR count). The molecule has 1 N–H and O–H groups in total.